The first-order valence-electron chi connectivity index (χ1n) is 12.6. The van der Waals surface area contributed by atoms with Crippen molar-refractivity contribution in [2.45, 2.75) is 43.4 Å². The molecule has 0 radical (unpaired) electrons. The van der Waals surface area contributed by atoms with Crippen molar-refractivity contribution in [1.82, 2.24) is 14.9 Å². The van der Waals surface area contributed by atoms with Crippen LogP contribution in [0.3, 0.4) is 0 Å². The summed E-state index contributed by atoms with van der Waals surface area (Å²) in [6, 6.07) is 17.3. The third kappa shape index (κ3) is 3.14. The Morgan fingerprint density at radius 1 is 1.19 bits per heavy atom. The lowest BCUT2D eigenvalue weighted by Crippen LogP contribution is -2.65. The Morgan fingerprint density at radius 2 is 1.97 bits per heavy atom. The van der Waals surface area contributed by atoms with E-state index in [0.717, 1.165) is 25.0 Å². The second-order valence-electron chi connectivity index (χ2n) is 10.7. The molecule has 3 fully saturated rings. The molecular weight excluding hydrogens is 450 g/mol. The van der Waals surface area contributed by atoms with Crippen molar-refractivity contribution in [2.75, 3.05) is 5.32 Å². The first kappa shape index (κ1) is 21.4. The molecule has 1 aromatic heterocycles. The van der Waals surface area contributed by atoms with Crippen molar-refractivity contribution in [3.05, 3.63) is 83.8 Å². The molecule has 36 heavy (non-hydrogen) atoms. The van der Waals surface area contributed by atoms with Crippen LogP contribution in [0.15, 0.2) is 72.7 Å². The van der Waals surface area contributed by atoms with Crippen LogP contribution in [0.5, 0.6) is 0 Å². The molecule has 3 aromatic rings. The number of carbonyl (C=O) groups is 1. The smallest absolute Gasteiger partial charge is 0.319 e. The number of nitrogens with one attached hydrogen (secondary N) is 2. The number of fused-ring (bicyclic) bond motifs is 4. The van der Waals surface area contributed by atoms with Crippen molar-refractivity contribution in [2.24, 2.45) is 17.8 Å². The highest BCUT2D eigenvalue weighted by Crippen LogP contribution is 2.63. The van der Waals surface area contributed by atoms with Crippen LogP contribution < -0.4 is 10.6 Å². The van der Waals surface area contributed by atoms with E-state index < -0.39 is 6.10 Å². The van der Waals surface area contributed by atoms with E-state index in [1.807, 2.05) is 12.5 Å². The molecule has 7 heteroatoms. The topological polar surface area (TPSA) is 103 Å². The minimum atomic E-state index is -0.410. The third-order valence-electron chi connectivity index (χ3n) is 8.89. The molecule has 2 amide bonds. The summed E-state index contributed by atoms with van der Waals surface area (Å²) >= 11 is 0. The summed E-state index contributed by atoms with van der Waals surface area (Å²) < 4.78 is 2.20. The van der Waals surface area contributed by atoms with Crippen molar-refractivity contribution in [3.63, 3.8) is 0 Å². The van der Waals surface area contributed by atoms with E-state index >= 15 is 0 Å². The maximum atomic E-state index is 12.8. The average Bonchev–Trinajstić information content (AvgIpc) is 3.47. The summed E-state index contributed by atoms with van der Waals surface area (Å²) in [5, 5.41) is 26.6. The van der Waals surface area contributed by atoms with Gasteiger partial charge in [-0.1, -0.05) is 35.9 Å². The van der Waals surface area contributed by atoms with Crippen LogP contribution in [-0.4, -0.2) is 32.3 Å². The van der Waals surface area contributed by atoms with Crippen molar-refractivity contribution in [3.8, 4) is 17.3 Å². The predicted molar refractivity (Wildman–Crippen MR) is 135 cm³/mol. The fraction of sp³-hybridized carbons (Fsp3) is 0.345. The van der Waals surface area contributed by atoms with E-state index in [-0.39, 0.29) is 23.5 Å². The molecule has 0 saturated heterocycles. The third-order valence-corrected chi connectivity index (χ3v) is 8.89. The number of hydrogen-bond acceptors (Lipinski definition) is 4. The molecule has 2 aromatic carbocycles. The summed E-state index contributed by atoms with van der Waals surface area (Å²) in [5.74, 6) is 0.871. The summed E-state index contributed by atoms with van der Waals surface area (Å²) in [7, 11) is 0. The molecule has 9 rings (SSSR count). The number of carbonyl (C=O) groups excluding carboxylic acids is 1. The second kappa shape index (κ2) is 7.81. The Morgan fingerprint density at radius 3 is 2.75 bits per heavy atom. The van der Waals surface area contributed by atoms with E-state index in [1.165, 1.54) is 16.7 Å². The van der Waals surface area contributed by atoms with Gasteiger partial charge in [-0.2, -0.15) is 5.26 Å². The lowest BCUT2D eigenvalue weighted by atomic mass is 9.44. The van der Waals surface area contributed by atoms with E-state index in [0.29, 0.717) is 29.5 Å². The first-order valence-corrected chi connectivity index (χ1v) is 12.6. The average molecular weight is 478 g/mol. The monoisotopic (exact) mass is 477 g/mol. The van der Waals surface area contributed by atoms with Crippen LogP contribution in [0.1, 0.15) is 42.9 Å². The van der Waals surface area contributed by atoms with Gasteiger partial charge in [-0.15, -0.1) is 0 Å². The number of allylic oxidation sites excluding steroid dienone is 1. The van der Waals surface area contributed by atoms with Gasteiger partial charge < -0.3 is 20.3 Å². The lowest BCUT2D eigenvalue weighted by molar-refractivity contribution is -0.0662. The minimum Gasteiger partial charge on any atom is -0.393 e. The van der Waals surface area contributed by atoms with Crippen LogP contribution in [-0.2, 0) is 0 Å². The van der Waals surface area contributed by atoms with Crippen LogP contribution in [0.4, 0.5) is 10.5 Å². The Bertz CT molecular complexity index is 1420. The molecule has 4 bridgehead atoms. The highest BCUT2D eigenvalue weighted by molar-refractivity contribution is 5.90. The second-order valence-corrected chi connectivity index (χ2v) is 10.7. The molecule has 4 atom stereocenters. The number of aliphatic hydroxyl groups excluding tert-OH is 1. The predicted octanol–water partition coefficient (Wildman–Crippen LogP) is 4.62. The molecule has 7 nitrogen and oxygen atoms in total. The number of nitriles is 1. The Hall–Kier alpha value is -3.89. The van der Waals surface area contributed by atoms with Crippen LogP contribution in [0.2, 0.25) is 0 Å². The largest absolute Gasteiger partial charge is 0.393 e. The number of rotatable bonds is 5. The zero-order chi connectivity index (χ0) is 24.4. The summed E-state index contributed by atoms with van der Waals surface area (Å²) in [6.07, 6.45) is 8.93. The molecular formula is C29H27N5O2. The maximum absolute atomic E-state index is 12.8. The van der Waals surface area contributed by atoms with Crippen molar-refractivity contribution >= 4 is 11.7 Å². The van der Waals surface area contributed by atoms with Gasteiger partial charge >= 0.3 is 6.03 Å². The van der Waals surface area contributed by atoms with Gasteiger partial charge in [0.15, 0.2) is 0 Å². The number of benzene rings is 2. The van der Waals surface area contributed by atoms with Gasteiger partial charge in [0.2, 0.25) is 0 Å². The van der Waals surface area contributed by atoms with E-state index in [2.05, 4.69) is 56.6 Å². The fourth-order valence-electron chi connectivity index (χ4n) is 7.38. The number of nitrogens with zero attached hydrogens (tertiary/aromatic N) is 3. The van der Waals surface area contributed by atoms with Gasteiger partial charge in [0, 0.05) is 16.8 Å². The molecule has 2 heterocycles. The van der Waals surface area contributed by atoms with Crippen molar-refractivity contribution in [1.29, 1.82) is 5.26 Å². The zero-order valence-electron chi connectivity index (χ0n) is 19.8. The molecule has 3 saturated carbocycles. The van der Waals surface area contributed by atoms with Gasteiger partial charge in [-0.25, -0.2) is 9.78 Å². The summed E-state index contributed by atoms with van der Waals surface area (Å²) in [5.41, 5.74) is 6.03. The van der Waals surface area contributed by atoms with Crippen LogP contribution in [0.25, 0.3) is 11.3 Å². The van der Waals surface area contributed by atoms with E-state index in [1.54, 1.807) is 24.3 Å². The SMILES string of the molecule is N#Cc1ccc(NC(=O)NC23CC=C4C(C2)C([C@@H](O)CC2c5ccccc5-c5cncn52)C4C3)cc1. The highest BCUT2D eigenvalue weighted by Gasteiger charge is 2.61. The molecule has 5 aliphatic carbocycles. The van der Waals surface area contributed by atoms with Gasteiger partial charge in [-0.05, 0) is 73.3 Å². The standard InChI is InChI=1S/C29H27N5O2/c30-14-17-5-7-18(8-6-17)32-28(36)33-29-10-9-19-22(12-29)27(23(19)13-29)26(35)11-24-20-3-1-2-4-21(20)25-15-31-16-34(24)25/h1-9,15-16,22-24,26-27,35H,10-13H2,(H2,32,33,36)/t22?,23?,24?,26-,27?,29?/m0/s1. The Labute approximate surface area is 209 Å². The Kier molecular flexibility index (Phi) is 4.64. The molecule has 0 spiro atoms. The van der Waals surface area contributed by atoms with Gasteiger partial charge in [0.1, 0.15) is 0 Å². The number of hydrogen-bond donors (Lipinski definition) is 3. The normalized spacial score (nSPS) is 29.3. The number of imidazole rings is 1. The summed E-state index contributed by atoms with van der Waals surface area (Å²) in [6.45, 7) is 0. The zero-order valence-corrected chi connectivity index (χ0v) is 19.8. The molecule has 180 valence electrons. The number of urea groups is 1. The fourth-order valence-corrected chi connectivity index (χ4v) is 7.38. The summed E-state index contributed by atoms with van der Waals surface area (Å²) in [4.78, 5) is 17.2. The number of amides is 2. The maximum Gasteiger partial charge on any atom is 0.319 e. The van der Waals surface area contributed by atoms with E-state index in [4.69, 9.17) is 5.26 Å². The number of aliphatic hydroxyl groups is 1. The quantitative estimate of drug-likeness (QED) is 0.467. The van der Waals surface area contributed by atoms with Gasteiger partial charge in [0.05, 0.1) is 42.0 Å². The van der Waals surface area contributed by atoms with Crippen LogP contribution >= 0.6 is 0 Å². The van der Waals surface area contributed by atoms with Crippen molar-refractivity contribution < 1.29 is 9.90 Å². The Balaban J connectivity index is 1.04. The molecule has 1 aliphatic heterocycles. The van der Waals surface area contributed by atoms with Gasteiger partial charge in [0.25, 0.3) is 0 Å². The first-order chi connectivity index (χ1) is 17.5. The minimum absolute atomic E-state index is 0.103. The molecule has 3 N–H and O–H groups in total. The molecule has 3 unspecified atom stereocenters. The van der Waals surface area contributed by atoms with Crippen LogP contribution in [0, 0.1) is 29.1 Å². The lowest BCUT2D eigenvalue weighted by Gasteiger charge is -2.63. The van der Waals surface area contributed by atoms with E-state index in [9.17, 15) is 9.90 Å². The van der Waals surface area contributed by atoms with Gasteiger partial charge in [-0.3, -0.25) is 0 Å². The molecule has 6 aliphatic rings. The number of anilines is 1. The number of aromatic nitrogens is 2. The highest BCUT2D eigenvalue weighted by atomic mass is 16.3.